The molecule has 8 nitrogen and oxygen atoms in total. The molecule has 2 aromatic rings. The number of benzene rings is 1. The van der Waals surface area contributed by atoms with Crippen LogP contribution < -0.4 is 15.8 Å². The maximum atomic E-state index is 13.6. The number of nitrogens with one attached hydrogen (secondary N) is 1. The van der Waals surface area contributed by atoms with Crippen LogP contribution >= 0.6 is 0 Å². The van der Waals surface area contributed by atoms with Crippen molar-refractivity contribution in [2.24, 2.45) is 22.6 Å². The van der Waals surface area contributed by atoms with Gasteiger partial charge in [-0.2, -0.15) is 13.2 Å². The quantitative estimate of drug-likeness (QED) is 0.537. The molecule has 39 heavy (non-hydrogen) atoms. The maximum Gasteiger partial charge on any atom is 0.425 e. The lowest BCUT2D eigenvalue weighted by Gasteiger charge is -2.40. The van der Waals surface area contributed by atoms with Gasteiger partial charge in [0.25, 0.3) is 0 Å². The predicted molar refractivity (Wildman–Crippen MR) is 137 cm³/mol. The first-order chi connectivity index (χ1) is 18.6. The van der Waals surface area contributed by atoms with Crippen LogP contribution in [0.1, 0.15) is 69.2 Å². The highest BCUT2D eigenvalue weighted by Crippen LogP contribution is 2.52. The van der Waals surface area contributed by atoms with Crippen molar-refractivity contribution in [2.45, 2.75) is 75.9 Å². The van der Waals surface area contributed by atoms with Crippen molar-refractivity contribution in [1.82, 2.24) is 15.2 Å². The first kappa shape index (κ1) is 27.0. The van der Waals surface area contributed by atoms with Gasteiger partial charge in [0.05, 0.1) is 24.0 Å². The molecule has 1 fully saturated rings. The van der Waals surface area contributed by atoms with Gasteiger partial charge in [0.15, 0.2) is 12.1 Å². The summed E-state index contributed by atoms with van der Waals surface area (Å²) >= 11 is 0. The Kier molecular flexibility index (Phi) is 7.02. The van der Waals surface area contributed by atoms with Gasteiger partial charge in [0.2, 0.25) is 11.8 Å². The molecule has 208 valence electrons. The van der Waals surface area contributed by atoms with E-state index in [9.17, 15) is 22.8 Å². The summed E-state index contributed by atoms with van der Waals surface area (Å²) in [6, 6.07) is 8.58. The number of hydrogen-bond donors (Lipinski definition) is 2. The zero-order valence-corrected chi connectivity index (χ0v) is 21.8. The van der Waals surface area contributed by atoms with Crippen molar-refractivity contribution in [3.8, 4) is 5.75 Å². The fraction of sp³-hybridized carbons (Fsp3) is 0.500. The van der Waals surface area contributed by atoms with Crippen molar-refractivity contribution in [3.05, 3.63) is 59.9 Å². The predicted octanol–water partition coefficient (Wildman–Crippen LogP) is 4.44. The Hall–Kier alpha value is -3.63. The van der Waals surface area contributed by atoms with Crippen LogP contribution in [0.3, 0.4) is 0 Å². The largest absolute Gasteiger partial charge is 0.480 e. The van der Waals surface area contributed by atoms with Crippen molar-refractivity contribution in [1.29, 1.82) is 0 Å². The fourth-order valence-corrected chi connectivity index (χ4v) is 5.82. The molecule has 1 aromatic heterocycles. The third-order valence-electron chi connectivity index (χ3n) is 8.24. The van der Waals surface area contributed by atoms with Crippen molar-refractivity contribution in [3.63, 3.8) is 0 Å². The third kappa shape index (κ3) is 5.18. The number of hydrogen-bond acceptors (Lipinski definition) is 6. The molecule has 2 unspecified atom stereocenters. The molecule has 0 bridgehead atoms. The van der Waals surface area contributed by atoms with Crippen molar-refractivity contribution >= 4 is 17.8 Å². The summed E-state index contributed by atoms with van der Waals surface area (Å²) in [7, 11) is 0. The van der Waals surface area contributed by atoms with Crippen LogP contribution in [0.2, 0.25) is 0 Å². The molecule has 5 rings (SSSR count). The Morgan fingerprint density at radius 3 is 2.59 bits per heavy atom. The lowest BCUT2D eigenvalue weighted by molar-refractivity contribution is -0.201. The number of rotatable bonds is 7. The first-order valence-electron chi connectivity index (χ1n) is 13.3. The van der Waals surface area contributed by atoms with Crippen LogP contribution in [0.15, 0.2) is 53.8 Å². The van der Waals surface area contributed by atoms with Gasteiger partial charge in [-0.3, -0.25) is 19.5 Å². The second kappa shape index (κ2) is 10.2. The number of aliphatic imine (C=N–C) groups is 1. The van der Waals surface area contributed by atoms with Gasteiger partial charge in [-0.15, -0.1) is 0 Å². The molecule has 0 saturated heterocycles. The molecule has 0 radical (unpaired) electrons. The monoisotopic (exact) mass is 543 g/mol. The van der Waals surface area contributed by atoms with E-state index in [-0.39, 0.29) is 35.9 Å². The lowest BCUT2D eigenvalue weighted by atomic mass is 9.87. The van der Waals surface area contributed by atoms with Crippen molar-refractivity contribution < 1.29 is 27.5 Å². The zero-order valence-electron chi connectivity index (χ0n) is 21.8. The Morgan fingerprint density at radius 2 is 1.95 bits per heavy atom. The number of aromatic nitrogens is 1. The number of nitrogens with two attached hydrogens (primary N) is 1. The smallest absolute Gasteiger partial charge is 0.425 e. The summed E-state index contributed by atoms with van der Waals surface area (Å²) in [5.41, 5.74) is 7.07. The molecule has 0 spiro atoms. The van der Waals surface area contributed by atoms with Gasteiger partial charge >= 0.3 is 6.18 Å². The SMILES string of the molecule is CCC1(CC)CC(=O)N(C(c2cccnc2)[C@@H]2C[C@H]2C(=O)N[C@H]2CC(C(F)(F)F)Oc3ccccc32)C(N)=N1. The molecule has 3 heterocycles. The summed E-state index contributed by atoms with van der Waals surface area (Å²) in [5, 5.41) is 2.83. The zero-order chi connectivity index (χ0) is 27.9. The van der Waals surface area contributed by atoms with Crippen LogP contribution in [0.25, 0.3) is 0 Å². The maximum absolute atomic E-state index is 13.6. The van der Waals surface area contributed by atoms with E-state index in [0.29, 0.717) is 24.8 Å². The molecule has 2 amide bonds. The highest BCUT2D eigenvalue weighted by Gasteiger charge is 2.54. The molecule has 11 heteroatoms. The summed E-state index contributed by atoms with van der Waals surface area (Å²) in [5.74, 6) is -1.13. The van der Waals surface area contributed by atoms with Gasteiger partial charge in [0, 0.05) is 30.3 Å². The van der Waals surface area contributed by atoms with Gasteiger partial charge in [-0.25, -0.2) is 4.99 Å². The first-order valence-corrected chi connectivity index (χ1v) is 13.3. The summed E-state index contributed by atoms with van der Waals surface area (Å²) < 4.78 is 45.8. The molecule has 5 atom stereocenters. The second-order valence-corrected chi connectivity index (χ2v) is 10.6. The Bertz CT molecular complexity index is 1260. The van der Waals surface area contributed by atoms with Gasteiger partial charge in [-0.05, 0) is 42.9 Å². The van der Waals surface area contributed by atoms with Gasteiger partial charge in [-0.1, -0.05) is 38.1 Å². The van der Waals surface area contributed by atoms with Crippen LogP contribution in [0.5, 0.6) is 5.75 Å². The number of carbonyl (C=O) groups is 2. The molecule has 1 aliphatic carbocycles. The molecule has 3 N–H and O–H groups in total. The van der Waals surface area contributed by atoms with Crippen LogP contribution in [-0.4, -0.2) is 45.5 Å². The molecule has 1 saturated carbocycles. The van der Waals surface area contributed by atoms with E-state index in [0.717, 1.165) is 5.56 Å². The number of guanidine groups is 1. The fourth-order valence-electron chi connectivity index (χ4n) is 5.82. The van der Waals surface area contributed by atoms with E-state index in [4.69, 9.17) is 15.5 Å². The number of pyridine rings is 1. The Morgan fingerprint density at radius 1 is 1.21 bits per heavy atom. The van der Waals surface area contributed by atoms with E-state index in [2.05, 4.69) is 10.3 Å². The number of halogens is 3. The van der Waals surface area contributed by atoms with E-state index in [1.807, 2.05) is 19.9 Å². The minimum Gasteiger partial charge on any atom is -0.480 e. The molecular weight excluding hydrogens is 511 g/mol. The number of amides is 2. The van der Waals surface area contributed by atoms with E-state index < -0.39 is 42.2 Å². The van der Waals surface area contributed by atoms with Crippen LogP contribution in [0, 0.1) is 11.8 Å². The number of fused-ring (bicyclic) bond motifs is 1. The number of alkyl halides is 3. The molecule has 1 aromatic carbocycles. The van der Waals surface area contributed by atoms with E-state index in [1.54, 1.807) is 36.7 Å². The van der Waals surface area contributed by atoms with E-state index in [1.165, 1.54) is 11.0 Å². The lowest BCUT2D eigenvalue weighted by Crippen LogP contribution is -2.53. The summed E-state index contributed by atoms with van der Waals surface area (Å²) in [4.78, 5) is 37.3. The normalized spacial score (nSPS) is 26.6. The van der Waals surface area contributed by atoms with Gasteiger partial charge in [0.1, 0.15) is 5.75 Å². The van der Waals surface area contributed by atoms with E-state index >= 15 is 0 Å². The number of nitrogens with zero attached hydrogens (tertiary/aromatic N) is 3. The summed E-state index contributed by atoms with van der Waals surface area (Å²) in [6.07, 6.45) is -1.76. The minimum absolute atomic E-state index is 0.107. The third-order valence-corrected chi connectivity index (χ3v) is 8.24. The average molecular weight is 544 g/mol. The highest BCUT2D eigenvalue weighted by molar-refractivity contribution is 5.99. The molecule has 3 aliphatic rings. The number of carbonyl (C=O) groups excluding carboxylic acids is 2. The van der Waals surface area contributed by atoms with Crippen LogP contribution in [-0.2, 0) is 9.59 Å². The molecular formula is C28H32F3N5O3. The topological polar surface area (TPSA) is 110 Å². The summed E-state index contributed by atoms with van der Waals surface area (Å²) in [6.45, 7) is 3.95. The van der Waals surface area contributed by atoms with Crippen molar-refractivity contribution in [2.75, 3.05) is 0 Å². The average Bonchev–Trinajstić information content (AvgIpc) is 3.71. The second-order valence-electron chi connectivity index (χ2n) is 10.6. The highest BCUT2D eigenvalue weighted by atomic mass is 19.4. The van der Waals surface area contributed by atoms with Gasteiger partial charge < -0.3 is 15.8 Å². The minimum atomic E-state index is -4.57. The standard InChI is InChI=1S/C28H32F3N5O3/c1-3-27(4-2)14-23(37)36(26(32)35-27)24(16-8-7-11-33-15-16)18-12-19(18)25(38)34-20-13-22(28(29,30)31)39-21-10-6-5-9-17(20)21/h5-11,15,18-20,22,24H,3-4,12-14H2,1-2H3,(H2,32,35)(H,34,38)/t18-,19-,20+,22?,24?/m1/s1. The number of ether oxygens (including phenoxy) is 1. The number of para-hydroxylation sites is 1. The molecule has 2 aliphatic heterocycles. The Balaban J connectivity index is 1.39. The Labute approximate surface area is 224 Å². The van der Waals surface area contributed by atoms with Crippen LogP contribution in [0.4, 0.5) is 13.2 Å².